The molecule has 0 fully saturated rings. The van der Waals surface area contributed by atoms with Crippen molar-refractivity contribution in [2.24, 2.45) is 16.6 Å². The van der Waals surface area contributed by atoms with Crippen molar-refractivity contribution in [1.29, 1.82) is 0 Å². The Kier molecular flexibility index (Phi) is 7.18. The van der Waals surface area contributed by atoms with E-state index >= 15 is 0 Å². The zero-order valence-electron chi connectivity index (χ0n) is 11.3. The Morgan fingerprint density at radius 3 is 2.37 bits per heavy atom. The zero-order chi connectivity index (χ0) is 15.1. The molecule has 4 nitrogen and oxygen atoms in total. The molecule has 0 amide bonds. The van der Waals surface area contributed by atoms with Crippen molar-refractivity contribution in [2.75, 3.05) is 13.2 Å². The summed E-state index contributed by atoms with van der Waals surface area (Å²) in [4.78, 5) is 14.9. The molecule has 0 saturated carbocycles. The largest absolute Gasteiger partial charge is 0.462 e. The van der Waals surface area contributed by atoms with E-state index in [0.717, 1.165) is 0 Å². The van der Waals surface area contributed by atoms with Crippen molar-refractivity contribution < 1.29 is 22.7 Å². The number of nitrogens with two attached hydrogens (primary N) is 1. The summed E-state index contributed by atoms with van der Waals surface area (Å²) in [5, 5.41) is 0. The van der Waals surface area contributed by atoms with E-state index in [4.69, 9.17) is 5.73 Å². The number of hydrogen-bond acceptors (Lipinski definition) is 4. The third-order valence-electron chi connectivity index (χ3n) is 2.16. The molecule has 0 atom stereocenters. The van der Waals surface area contributed by atoms with Gasteiger partial charge in [0.2, 0.25) is 0 Å². The first-order valence-electron chi connectivity index (χ1n) is 5.95. The predicted molar refractivity (Wildman–Crippen MR) is 66.7 cm³/mol. The van der Waals surface area contributed by atoms with Gasteiger partial charge in [-0.25, -0.2) is 4.79 Å². The fourth-order valence-corrected chi connectivity index (χ4v) is 1.21. The average molecular weight is 280 g/mol. The highest BCUT2D eigenvalue weighted by Gasteiger charge is 2.40. The lowest BCUT2D eigenvalue weighted by Crippen LogP contribution is -2.30. The van der Waals surface area contributed by atoms with Gasteiger partial charge in [0.15, 0.2) is 5.71 Å². The van der Waals surface area contributed by atoms with Gasteiger partial charge < -0.3 is 10.5 Å². The standard InChI is InChI=1S/C12H19F3N2O2/c1-4-19-11(18)9(7-16)10(12(13,14)15)17-6-5-8(2)3/h7-8H,4-6,16H2,1-3H3. The third kappa shape index (κ3) is 6.26. The molecule has 0 saturated heterocycles. The Morgan fingerprint density at radius 1 is 1.42 bits per heavy atom. The van der Waals surface area contributed by atoms with Crippen molar-refractivity contribution >= 4 is 11.7 Å². The van der Waals surface area contributed by atoms with E-state index in [1.807, 2.05) is 13.8 Å². The SMILES string of the molecule is CCOC(=O)C(=CN)C(=NCCC(C)C)C(F)(F)F. The van der Waals surface area contributed by atoms with Crippen LogP contribution in [0.25, 0.3) is 0 Å². The number of hydrogen-bond donors (Lipinski definition) is 1. The van der Waals surface area contributed by atoms with Crippen LogP contribution in [0.3, 0.4) is 0 Å². The van der Waals surface area contributed by atoms with Crippen LogP contribution >= 0.6 is 0 Å². The van der Waals surface area contributed by atoms with Gasteiger partial charge in [-0.15, -0.1) is 0 Å². The molecule has 0 bridgehead atoms. The van der Waals surface area contributed by atoms with Crippen LogP contribution in [0.1, 0.15) is 27.2 Å². The lowest BCUT2D eigenvalue weighted by atomic mass is 10.1. The van der Waals surface area contributed by atoms with Gasteiger partial charge in [0.05, 0.1) is 6.61 Å². The third-order valence-corrected chi connectivity index (χ3v) is 2.16. The molecular formula is C12H19F3N2O2. The molecule has 0 unspecified atom stereocenters. The molecule has 2 N–H and O–H groups in total. The number of carbonyl (C=O) groups is 1. The van der Waals surface area contributed by atoms with Crippen LogP contribution in [0.4, 0.5) is 13.2 Å². The number of carbonyl (C=O) groups excluding carboxylic acids is 1. The molecule has 0 aromatic carbocycles. The van der Waals surface area contributed by atoms with Gasteiger partial charge in [0, 0.05) is 12.7 Å². The summed E-state index contributed by atoms with van der Waals surface area (Å²) in [6.07, 6.45) is -3.67. The van der Waals surface area contributed by atoms with Gasteiger partial charge in [-0.1, -0.05) is 13.8 Å². The first kappa shape index (κ1) is 17.5. The van der Waals surface area contributed by atoms with Gasteiger partial charge in [-0.05, 0) is 19.3 Å². The normalized spacial score (nSPS) is 13.8. The lowest BCUT2D eigenvalue weighted by Gasteiger charge is -2.13. The fraction of sp³-hybridized carbons (Fsp3) is 0.667. The topological polar surface area (TPSA) is 64.7 Å². The number of aliphatic imine (C=N–C) groups is 1. The van der Waals surface area contributed by atoms with Gasteiger partial charge in [0.25, 0.3) is 0 Å². The molecule has 0 aliphatic rings. The second-order valence-electron chi connectivity index (χ2n) is 4.21. The van der Waals surface area contributed by atoms with Crippen LogP contribution in [0, 0.1) is 5.92 Å². The summed E-state index contributed by atoms with van der Waals surface area (Å²) < 4.78 is 43.1. The first-order chi connectivity index (χ1) is 8.73. The van der Waals surface area contributed by atoms with Crippen LogP contribution in [0.15, 0.2) is 16.8 Å². The molecule has 7 heteroatoms. The molecule has 19 heavy (non-hydrogen) atoms. The Bertz CT molecular complexity index is 360. The maximum Gasteiger partial charge on any atom is 0.433 e. The highest BCUT2D eigenvalue weighted by Crippen LogP contribution is 2.23. The van der Waals surface area contributed by atoms with Gasteiger partial charge in [-0.3, -0.25) is 4.99 Å². The predicted octanol–water partition coefficient (Wildman–Crippen LogP) is 2.44. The monoisotopic (exact) mass is 280 g/mol. The van der Waals surface area contributed by atoms with Crippen LogP contribution < -0.4 is 5.73 Å². The van der Waals surface area contributed by atoms with Crippen molar-refractivity contribution in [3.63, 3.8) is 0 Å². The molecule has 0 spiro atoms. The van der Waals surface area contributed by atoms with Gasteiger partial charge >= 0.3 is 12.1 Å². The van der Waals surface area contributed by atoms with Crippen molar-refractivity contribution in [3.05, 3.63) is 11.8 Å². The van der Waals surface area contributed by atoms with E-state index in [1.54, 1.807) is 0 Å². The van der Waals surface area contributed by atoms with E-state index in [2.05, 4.69) is 9.73 Å². The van der Waals surface area contributed by atoms with E-state index in [-0.39, 0.29) is 19.1 Å². The highest BCUT2D eigenvalue weighted by molar-refractivity contribution is 6.21. The van der Waals surface area contributed by atoms with E-state index in [0.29, 0.717) is 12.6 Å². The minimum Gasteiger partial charge on any atom is -0.462 e. The molecule has 0 heterocycles. The van der Waals surface area contributed by atoms with Crippen molar-refractivity contribution in [1.82, 2.24) is 0 Å². The Labute approximate surface area is 110 Å². The minimum absolute atomic E-state index is 0.0245. The quantitative estimate of drug-likeness (QED) is 0.461. The summed E-state index contributed by atoms with van der Waals surface area (Å²) >= 11 is 0. The lowest BCUT2D eigenvalue weighted by molar-refractivity contribution is -0.138. The smallest absolute Gasteiger partial charge is 0.433 e. The van der Waals surface area contributed by atoms with Gasteiger partial charge in [-0.2, -0.15) is 13.2 Å². The molecule has 0 rings (SSSR count). The van der Waals surface area contributed by atoms with E-state index in [9.17, 15) is 18.0 Å². The number of nitrogens with zero attached hydrogens (tertiary/aromatic N) is 1. The van der Waals surface area contributed by atoms with Crippen molar-refractivity contribution in [3.8, 4) is 0 Å². The maximum absolute atomic E-state index is 12.8. The Balaban J connectivity index is 5.19. The van der Waals surface area contributed by atoms with Crippen LogP contribution in [-0.4, -0.2) is 31.0 Å². The summed E-state index contributed by atoms with van der Waals surface area (Å²) in [6.45, 7) is 5.17. The van der Waals surface area contributed by atoms with Crippen LogP contribution in [0.5, 0.6) is 0 Å². The van der Waals surface area contributed by atoms with E-state index < -0.39 is 23.4 Å². The summed E-state index contributed by atoms with van der Waals surface area (Å²) in [5.74, 6) is -0.906. The minimum atomic E-state index is -4.74. The number of alkyl halides is 3. The molecule has 0 radical (unpaired) electrons. The second kappa shape index (κ2) is 7.81. The molecule has 0 aliphatic heterocycles. The van der Waals surface area contributed by atoms with Crippen molar-refractivity contribution in [2.45, 2.75) is 33.4 Å². The molecule has 0 aromatic heterocycles. The Morgan fingerprint density at radius 2 is 2.00 bits per heavy atom. The summed E-state index contributed by atoms with van der Waals surface area (Å²) in [5.41, 5.74) is 3.05. The van der Waals surface area contributed by atoms with Gasteiger partial charge in [0.1, 0.15) is 5.57 Å². The van der Waals surface area contributed by atoms with Crippen LogP contribution in [-0.2, 0) is 9.53 Å². The highest BCUT2D eigenvalue weighted by atomic mass is 19.4. The first-order valence-corrected chi connectivity index (χ1v) is 5.95. The number of rotatable bonds is 6. The maximum atomic E-state index is 12.8. The molecule has 0 aliphatic carbocycles. The number of esters is 1. The average Bonchev–Trinajstić information content (AvgIpc) is 2.26. The summed E-state index contributed by atoms with van der Waals surface area (Å²) in [6, 6.07) is 0. The zero-order valence-corrected chi connectivity index (χ0v) is 11.3. The number of halogens is 3. The van der Waals surface area contributed by atoms with E-state index in [1.165, 1.54) is 6.92 Å². The second-order valence-corrected chi connectivity index (χ2v) is 4.21. The molecule has 110 valence electrons. The number of ether oxygens (including phenoxy) is 1. The summed E-state index contributed by atoms with van der Waals surface area (Å²) in [7, 11) is 0. The Hall–Kier alpha value is -1.53. The fourth-order valence-electron chi connectivity index (χ4n) is 1.21. The molecular weight excluding hydrogens is 261 g/mol. The molecule has 0 aromatic rings. The van der Waals surface area contributed by atoms with Crippen LogP contribution in [0.2, 0.25) is 0 Å².